The standard InChI is InChI=1S/C22H22N2O2S/c1-2-26-22(25)20-18-7-3-4-8-19(18)27-21(20)23-15-16-9-11-17(12-10-16)24-13-5-6-14-24/h3-4,7-12,15H,2,5-6,13-14H2,1H3. The topological polar surface area (TPSA) is 41.9 Å². The molecule has 1 saturated heterocycles. The Morgan fingerprint density at radius 3 is 2.63 bits per heavy atom. The fraction of sp³-hybridized carbons (Fsp3) is 0.273. The van der Waals surface area contributed by atoms with Crippen molar-refractivity contribution in [3.05, 3.63) is 59.7 Å². The molecular weight excluding hydrogens is 356 g/mol. The molecule has 138 valence electrons. The Balaban J connectivity index is 1.62. The summed E-state index contributed by atoms with van der Waals surface area (Å²) in [6.07, 6.45) is 4.36. The number of ether oxygens (including phenoxy) is 1. The van der Waals surface area contributed by atoms with Crippen molar-refractivity contribution in [3.63, 3.8) is 0 Å². The number of rotatable bonds is 5. The third-order valence-corrected chi connectivity index (χ3v) is 5.83. The summed E-state index contributed by atoms with van der Waals surface area (Å²) < 4.78 is 6.29. The molecule has 0 saturated carbocycles. The van der Waals surface area contributed by atoms with Crippen LogP contribution in [0.2, 0.25) is 0 Å². The summed E-state index contributed by atoms with van der Waals surface area (Å²) in [5.74, 6) is -0.313. The zero-order valence-electron chi connectivity index (χ0n) is 15.4. The second kappa shape index (κ2) is 7.92. The highest BCUT2D eigenvalue weighted by Crippen LogP contribution is 2.38. The van der Waals surface area contributed by atoms with Gasteiger partial charge in [0.2, 0.25) is 0 Å². The number of anilines is 1. The zero-order valence-corrected chi connectivity index (χ0v) is 16.2. The van der Waals surface area contributed by atoms with Crippen molar-refractivity contribution in [2.24, 2.45) is 4.99 Å². The Morgan fingerprint density at radius 2 is 1.89 bits per heavy atom. The maximum Gasteiger partial charge on any atom is 0.341 e. The number of carbonyl (C=O) groups is 1. The van der Waals surface area contributed by atoms with E-state index in [2.05, 4.69) is 34.2 Å². The molecule has 2 heterocycles. The van der Waals surface area contributed by atoms with Crippen LogP contribution in [0.4, 0.5) is 10.7 Å². The normalized spacial score (nSPS) is 14.3. The number of esters is 1. The van der Waals surface area contributed by atoms with E-state index in [1.54, 1.807) is 0 Å². The van der Waals surface area contributed by atoms with Gasteiger partial charge in [-0.2, -0.15) is 0 Å². The van der Waals surface area contributed by atoms with Gasteiger partial charge in [-0.25, -0.2) is 9.79 Å². The summed E-state index contributed by atoms with van der Waals surface area (Å²) >= 11 is 1.51. The van der Waals surface area contributed by atoms with Crippen LogP contribution in [0.3, 0.4) is 0 Å². The molecule has 0 N–H and O–H groups in total. The molecule has 0 aliphatic carbocycles. The molecule has 2 aromatic carbocycles. The Labute approximate surface area is 163 Å². The molecule has 3 aromatic rings. The first-order chi connectivity index (χ1) is 13.3. The minimum Gasteiger partial charge on any atom is -0.462 e. The number of fused-ring (bicyclic) bond motifs is 1. The van der Waals surface area contributed by atoms with Gasteiger partial charge in [0, 0.05) is 35.1 Å². The molecule has 0 spiro atoms. The van der Waals surface area contributed by atoms with Gasteiger partial charge in [-0.1, -0.05) is 30.3 Å². The molecule has 0 bridgehead atoms. The third-order valence-electron chi connectivity index (χ3n) is 4.75. The number of nitrogens with zero attached hydrogens (tertiary/aromatic N) is 2. The average molecular weight is 378 g/mol. The third kappa shape index (κ3) is 3.74. The van der Waals surface area contributed by atoms with Gasteiger partial charge in [0.1, 0.15) is 10.6 Å². The van der Waals surface area contributed by atoms with Crippen molar-refractivity contribution in [1.29, 1.82) is 0 Å². The van der Waals surface area contributed by atoms with Crippen LogP contribution in [-0.2, 0) is 4.74 Å². The van der Waals surface area contributed by atoms with Gasteiger partial charge in [0.05, 0.1) is 6.61 Å². The fourth-order valence-electron chi connectivity index (χ4n) is 3.40. The highest BCUT2D eigenvalue weighted by atomic mass is 32.1. The molecular formula is C22H22N2O2S. The Morgan fingerprint density at radius 1 is 1.15 bits per heavy atom. The average Bonchev–Trinajstić information content (AvgIpc) is 3.34. The number of aliphatic imine (C=N–C) groups is 1. The molecule has 1 aromatic heterocycles. The van der Waals surface area contributed by atoms with Gasteiger partial charge in [-0.3, -0.25) is 0 Å². The van der Waals surface area contributed by atoms with Crippen LogP contribution in [0.25, 0.3) is 10.1 Å². The summed E-state index contributed by atoms with van der Waals surface area (Å²) in [6.45, 7) is 4.44. The molecule has 0 atom stereocenters. The SMILES string of the molecule is CCOC(=O)c1c(N=Cc2ccc(N3CCCC3)cc2)sc2ccccc12. The first kappa shape index (κ1) is 17.7. The van der Waals surface area contributed by atoms with E-state index in [0.717, 1.165) is 28.7 Å². The van der Waals surface area contributed by atoms with Crippen molar-refractivity contribution >= 4 is 44.3 Å². The number of hydrogen-bond donors (Lipinski definition) is 0. The van der Waals surface area contributed by atoms with Gasteiger partial charge < -0.3 is 9.64 Å². The number of carbonyl (C=O) groups excluding carboxylic acids is 1. The van der Waals surface area contributed by atoms with Crippen LogP contribution in [-0.4, -0.2) is 31.9 Å². The lowest BCUT2D eigenvalue weighted by Gasteiger charge is -2.17. The number of hydrogen-bond acceptors (Lipinski definition) is 5. The monoisotopic (exact) mass is 378 g/mol. The molecule has 0 amide bonds. The lowest BCUT2D eigenvalue weighted by atomic mass is 10.1. The predicted octanol–water partition coefficient (Wildman–Crippen LogP) is 5.43. The summed E-state index contributed by atoms with van der Waals surface area (Å²) in [4.78, 5) is 19.5. The summed E-state index contributed by atoms with van der Waals surface area (Å²) in [5, 5.41) is 1.59. The molecule has 4 rings (SSSR count). The van der Waals surface area contributed by atoms with Crippen molar-refractivity contribution in [1.82, 2.24) is 0 Å². The van der Waals surface area contributed by atoms with Crippen molar-refractivity contribution < 1.29 is 9.53 Å². The quantitative estimate of drug-likeness (QED) is 0.439. The second-order valence-electron chi connectivity index (χ2n) is 6.54. The molecule has 1 fully saturated rings. The van der Waals surface area contributed by atoms with E-state index in [9.17, 15) is 4.79 Å². The van der Waals surface area contributed by atoms with E-state index in [1.807, 2.05) is 37.4 Å². The zero-order chi connectivity index (χ0) is 18.6. The molecule has 1 aliphatic rings. The lowest BCUT2D eigenvalue weighted by molar-refractivity contribution is 0.0530. The maximum absolute atomic E-state index is 12.4. The van der Waals surface area contributed by atoms with E-state index >= 15 is 0 Å². The van der Waals surface area contributed by atoms with Gasteiger partial charge in [0.15, 0.2) is 0 Å². The first-order valence-corrected chi connectivity index (χ1v) is 10.2. The Kier molecular flexibility index (Phi) is 5.21. The van der Waals surface area contributed by atoms with E-state index in [0.29, 0.717) is 17.2 Å². The second-order valence-corrected chi connectivity index (χ2v) is 7.57. The predicted molar refractivity (Wildman–Crippen MR) is 113 cm³/mol. The summed E-state index contributed by atoms with van der Waals surface area (Å²) in [5.41, 5.74) is 2.84. The minimum atomic E-state index is -0.313. The fourth-order valence-corrected chi connectivity index (χ4v) is 4.44. The Bertz CT molecular complexity index is 970. The Hall–Kier alpha value is -2.66. The van der Waals surface area contributed by atoms with Crippen LogP contribution in [0.1, 0.15) is 35.7 Å². The molecule has 4 nitrogen and oxygen atoms in total. The molecule has 5 heteroatoms. The summed E-state index contributed by atoms with van der Waals surface area (Å²) in [7, 11) is 0. The van der Waals surface area contributed by atoms with Crippen LogP contribution in [0.15, 0.2) is 53.5 Å². The van der Waals surface area contributed by atoms with Crippen LogP contribution < -0.4 is 4.90 Å². The summed E-state index contributed by atoms with van der Waals surface area (Å²) in [6, 6.07) is 16.3. The van der Waals surface area contributed by atoms with E-state index in [4.69, 9.17) is 4.74 Å². The van der Waals surface area contributed by atoms with Crippen LogP contribution in [0.5, 0.6) is 0 Å². The molecule has 0 unspecified atom stereocenters. The molecule has 0 radical (unpaired) electrons. The molecule has 27 heavy (non-hydrogen) atoms. The highest BCUT2D eigenvalue weighted by molar-refractivity contribution is 7.23. The van der Waals surface area contributed by atoms with E-state index < -0.39 is 0 Å². The van der Waals surface area contributed by atoms with E-state index in [1.165, 1.54) is 29.9 Å². The van der Waals surface area contributed by atoms with Crippen molar-refractivity contribution in [2.75, 3.05) is 24.6 Å². The number of benzene rings is 2. The minimum absolute atomic E-state index is 0.313. The van der Waals surface area contributed by atoms with E-state index in [-0.39, 0.29) is 5.97 Å². The van der Waals surface area contributed by atoms with Crippen LogP contribution >= 0.6 is 11.3 Å². The first-order valence-electron chi connectivity index (χ1n) is 9.34. The molecule has 1 aliphatic heterocycles. The smallest absolute Gasteiger partial charge is 0.341 e. The van der Waals surface area contributed by atoms with Crippen LogP contribution in [0, 0.1) is 0 Å². The van der Waals surface area contributed by atoms with Gasteiger partial charge in [-0.05, 0) is 43.5 Å². The maximum atomic E-state index is 12.4. The van der Waals surface area contributed by atoms with Crippen molar-refractivity contribution in [2.45, 2.75) is 19.8 Å². The van der Waals surface area contributed by atoms with Gasteiger partial charge >= 0.3 is 5.97 Å². The van der Waals surface area contributed by atoms with Gasteiger partial charge in [-0.15, -0.1) is 11.3 Å². The lowest BCUT2D eigenvalue weighted by Crippen LogP contribution is -2.17. The number of thiophene rings is 1. The largest absolute Gasteiger partial charge is 0.462 e. The highest BCUT2D eigenvalue weighted by Gasteiger charge is 2.19. The van der Waals surface area contributed by atoms with Gasteiger partial charge in [0.25, 0.3) is 0 Å². The van der Waals surface area contributed by atoms with Crippen molar-refractivity contribution in [3.8, 4) is 0 Å².